The molecule has 23 heavy (non-hydrogen) atoms. The average molecular weight is 346 g/mol. The van der Waals surface area contributed by atoms with E-state index in [0.717, 1.165) is 12.1 Å². The van der Waals surface area contributed by atoms with Crippen LogP contribution in [0.3, 0.4) is 0 Å². The van der Waals surface area contributed by atoms with Gasteiger partial charge in [0.05, 0.1) is 12.7 Å². The predicted molar refractivity (Wildman–Crippen MR) is 91.7 cm³/mol. The average Bonchev–Trinajstić information content (AvgIpc) is 2.54. The van der Waals surface area contributed by atoms with Crippen LogP contribution in [0.2, 0.25) is 0 Å². The van der Waals surface area contributed by atoms with Gasteiger partial charge in [-0.25, -0.2) is 0 Å². The molecule has 0 spiro atoms. The van der Waals surface area contributed by atoms with Gasteiger partial charge in [0.25, 0.3) is 0 Å². The highest BCUT2D eigenvalue weighted by Gasteiger charge is 2.31. The molecule has 0 fully saturated rings. The molecule has 0 radical (unpaired) electrons. The Morgan fingerprint density at radius 2 is 1.74 bits per heavy atom. The van der Waals surface area contributed by atoms with Crippen molar-refractivity contribution in [1.82, 2.24) is 0 Å². The van der Waals surface area contributed by atoms with Gasteiger partial charge < -0.3 is 36.2 Å². The first kappa shape index (κ1) is 20.0. The van der Waals surface area contributed by atoms with E-state index in [1.54, 1.807) is 18.2 Å². The quantitative estimate of drug-likeness (QED) is 0.230. The summed E-state index contributed by atoms with van der Waals surface area (Å²) in [6, 6.07) is 5.24. The SMILES string of the molecule is CCCN(CC(O)C(O)C(O)C(O)CO)c1ccc(N)c(S)c1. The second-order valence-electron chi connectivity index (χ2n) is 5.49. The number of nitrogens with two attached hydrogens (primary N) is 1. The molecule has 4 unspecified atom stereocenters. The predicted octanol–water partition coefficient (Wildman–Crippen LogP) is -0.790. The van der Waals surface area contributed by atoms with E-state index < -0.39 is 31.0 Å². The molecular formula is C15H26N2O5S. The summed E-state index contributed by atoms with van der Waals surface area (Å²) in [6.45, 7) is 1.92. The van der Waals surface area contributed by atoms with Crippen LogP contribution in [0.25, 0.3) is 0 Å². The highest BCUT2D eigenvalue weighted by atomic mass is 32.1. The van der Waals surface area contributed by atoms with Crippen LogP contribution in [0, 0.1) is 0 Å². The summed E-state index contributed by atoms with van der Waals surface area (Å²) in [5.74, 6) is 0. The number of nitrogens with zero attached hydrogens (tertiary/aromatic N) is 1. The first-order valence-corrected chi connectivity index (χ1v) is 7.93. The molecule has 0 bridgehead atoms. The van der Waals surface area contributed by atoms with E-state index in [9.17, 15) is 20.4 Å². The maximum atomic E-state index is 10.1. The Labute approximate surface area is 141 Å². The van der Waals surface area contributed by atoms with Gasteiger partial charge in [-0.2, -0.15) is 0 Å². The van der Waals surface area contributed by atoms with E-state index in [0.29, 0.717) is 17.1 Å². The summed E-state index contributed by atoms with van der Waals surface area (Å²) in [7, 11) is 0. The maximum Gasteiger partial charge on any atom is 0.111 e. The minimum absolute atomic E-state index is 0.0430. The van der Waals surface area contributed by atoms with Crippen LogP contribution in [0.15, 0.2) is 23.1 Å². The zero-order valence-corrected chi connectivity index (χ0v) is 14.0. The van der Waals surface area contributed by atoms with Gasteiger partial charge in [0, 0.05) is 29.4 Å². The molecule has 0 aliphatic carbocycles. The fourth-order valence-corrected chi connectivity index (χ4v) is 2.43. The van der Waals surface area contributed by atoms with Gasteiger partial charge in [-0.05, 0) is 24.6 Å². The summed E-state index contributed by atoms with van der Waals surface area (Å²) < 4.78 is 0. The van der Waals surface area contributed by atoms with E-state index in [2.05, 4.69) is 12.6 Å². The third kappa shape index (κ3) is 5.52. The van der Waals surface area contributed by atoms with Gasteiger partial charge in [0.15, 0.2) is 0 Å². The van der Waals surface area contributed by atoms with Gasteiger partial charge in [0.2, 0.25) is 0 Å². The summed E-state index contributed by atoms with van der Waals surface area (Å²) in [4.78, 5) is 2.43. The first-order chi connectivity index (χ1) is 10.8. The second-order valence-corrected chi connectivity index (χ2v) is 5.97. The lowest BCUT2D eigenvalue weighted by Crippen LogP contribution is -2.50. The van der Waals surface area contributed by atoms with Crippen LogP contribution < -0.4 is 10.6 Å². The molecule has 7 nitrogen and oxygen atoms in total. The lowest BCUT2D eigenvalue weighted by Gasteiger charge is -2.31. The Hall–Kier alpha value is -1.03. The van der Waals surface area contributed by atoms with Gasteiger partial charge >= 0.3 is 0 Å². The highest BCUT2D eigenvalue weighted by molar-refractivity contribution is 7.80. The molecule has 0 aliphatic heterocycles. The number of aliphatic hydroxyl groups excluding tert-OH is 5. The monoisotopic (exact) mass is 346 g/mol. The van der Waals surface area contributed by atoms with Gasteiger partial charge in [-0.15, -0.1) is 12.6 Å². The molecule has 0 aromatic heterocycles. The molecule has 7 N–H and O–H groups in total. The summed E-state index contributed by atoms with van der Waals surface area (Å²) >= 11 is 4.27. The van der Waals surface area contributed by atoms with Crippen molar-refractivity contribution in [3.05, 3.63) is 18.2 Å². The molecule has 0 amide bonds. The Morgan fingerprint density at radius 1 is 1.13 bits per heavy atom. The summed E-state index contributed by atoms with van der Waals surface area (Å²) in [5, 5.41) is 47.9. The number of hydrogen-bond donors (Lipinski definition) is 7. The molecule has 1 rings (SSSR count). The van der Waals surface area contributed by atoms with Crippen LogP contribution in [0.1, 0.15) is 13.3 Å². The molecule has 1 aromatic carbocycles. The van der Waals surface area contributed by atoms with Crippen molar-refractivity contribution in [3.63, 3.8) is 0 Å². The summed E-state index contributed by atoms with van der Waals surface area (Å²) in [5.41, 5.74) is 7.04. The van der Waals surface area contributed by atoms with Gasteiger partial charge in [-0.3, -0.25) is 0 Å². The fourth-order valence-electron chi connectivity index (χ4n) is 2.22. The van der Waals surface area contributed by atoms with E-state index in [4.69, 9.17) is 10.8 Å². The van der Waals surface area contributed by atoms with Crippen molar-refractivity contribution in [3.8, 4) is 0 Å². The minimum atomic E-state index is -1.63. The van der Waals surface area contributed by atoms with Gasteiger partial charge in [0.1, 0.15) is 18.3 Å². The normalized spacial score (nSPS) is 16.7. The fraction of sp³-hybridized carbons (Fsp3) is 0.600. The number of hydrogen-bond acceptors (Lipinski definition) is 8. The third-order valence-electron chi connectivity index (χ3n) is 3.61. The number of anilines is 2. The van der Waals surface area contributed by atoms with Crippen molar-refractivity contribution in [2.75, 3.05) is 30.3 Å². The first-order valence-electron chi connectivity index (χ1n) is 7.48. The van der Waals surface area contributed by atoms with E-state index in [1.807, 2.05) is 11.8 Å². The Balaban J connectivity index is 2.84. The lowest BCUT2D eigenvalue weighted by molar-refractivity contribution is -0.112. The Bertz CT molecular complexity index is 491. The molecule has 1 aromatic rings. The van der Waals surface area contributed by atoms with Crippen molar-refractivity contribution < 1.29 is 25.5 Å². The van der Waals surface area contributed by atoms with E-state index in [1.165, 1.54) is 0 Å². The lowest BCUT2D eigenvalue weighted by atomic mass is 10.0. The zero-order chi connectivity index (χ0) is 17.6. The Morgan fingerprint density at radius 3 is 2.26 bits per heavy atom. The molecule has 8 heteroatoms. The van der Waals surface area contributed by atoms with Crippen molar-refractivity contribution in [2.45, 2.75) is 42.7 Å². The van der Waals surface area contributed by atoms with Crippen molar-refractivity contribution >= 4 is 24.0 Å². The molecule has 4 atom stereocenters. The highest BCUT2D eigenvalue weighted by Crippen LogP contribution is 2.24. The van der Waals surface area contributed by atoms with Crippen LogP contribution in [-0.4, -0.2) is 69.6 Å². The van der Waals surface area contributed by atoms with Crippen LogP contribution in [0.4, 0.5) is 11.4 Å². The number of nitrogen functional groups attached to an aromatic ring is 1. The smallest absolute Gasteiger partial charge is 0.111 e. The number of benzene rings is 1. The maximum absolute atomic E-state index is 10.1. The molecule has 0 saturated carbocycles. The Kier molecular flexibility index (Phi) is 8.10. The topological polar surface area (TPSA) is 130 Å². The van der Waals surface area contributed by atoms with Gasteiger partial charge in [-0.1, -0.05) is 6.92 Å². The van der Waals surface area contributed by atoms with Crippen LogP contribution in [0.5, 0.6) is 0 Å². The largest absolute Gasteiger partial charge is 0.398 e. The number of thiol groups is 1. The third-order valence-corrected chi connectivity index (χ3v) is 3.99. The van der Waals surface area contributed by atoms with Crippen LogP contribution >= 0.6 is 12.6 Å². The van der Waals surface area contributed by atoms with E-state index >= 15 is 0 Å². The summed E-state index contributed by atoms with van der Waals surface area (Å²) in [6.07, 6.45) is -5.23. The van der Waals surface area contributed by atoms with E-state index in [-0.39, 0.29) is 6.54 Å². The molecule has 0 heterocycles. The zero-order valence-electron chi connectivity index (χ0n) is 13.1. The molecule has 132 valence electrons. The van der Waals surface area contributed by atoms with Crippen molar-refractivity contribution in [2.24, 2.45) is 0 Å². The molecule has 0 saturated heterocycles. The number of rotatable bonds is 9. The number of aliphatic hydroxyl groups is 5. The molecular weight excluding hydrogens is 320 g/mol. The van der Waals surface area contributed by atoms with Crippen molar-refractivity contribution in [1.29, 1.82) is 0 Å². The van der Waals surface area contributed by atoms with Crippen LogP contribution in [-0.2, 0) is 0 Å². The minimum Gasteiger partial charge on any atom is -0.398 e. The molecule has 0 aliphatic rings. The standard InChI is InChI=1S/C15H26N2O5S/c1-2-5-17(9-3-4-10(16)13(23)6-9)7-11(19)14(21)15(22)12(20)8-18/h3-4,6,11-12,14-15,18-23H,2,5,7-8,16H2,1H3. The second kappa shape index (κ2) is 9.31.